The molecule has 0 radical (unpaired) electrons. The number of ketones is 1. The zero-order chi connectivity index (χ0) is 12.1. The Morgan fingerprint density at radius 1 is 1.56 bits per heavy atom. The lowest BCUT2D eigenvalue weighted by Gasteiger charge is -2.11. The van der Waals surface area contributed by atoms with Gasteiger partial charge in [0.05, 0.1) is 5.56 Å². The fraction of sp³-hybridized carbons (Fsp3) is 0.500. The van der Waals surface area contributed by atoms with Crippen LogP contribution in [0.1, 0.15) is 35.7 Å². The van der Waals surface area contributed by atoms with Crippen LogP contribution in [0.5, 0.6) is 0 Å². The van der Waals surface area contributed by atoms with E-state index < -0.39 is 0 Å². The molecular formula is C12H19N3O. The van der Waals surface area contributed by atoms with Gasteiger partial charge >= 0.3 is 0 Å². The van der Waals surface area contributed by atoms with Gasteiger partial charge in [0.15, 0.2) is 5.78 Å². The van der Waals surface area contributed by atoms with Gasteiger partial charge in [-0.1, -0.05) is 6.92 Å². The summed E-state index contributed by atoms with van der Waals surface area (Å²) in [5, 5.41) is 0. The second kappa shape index (κ2) is 5.61. The number of nitrogen functional groups attached to an aromatic ring is 1. The van der Waals surface area contributed by atoms with E-state index in [-0.39, 0.29) is 11.7 Å². The Morgan fingerprint density at radius 3 is 2.88 bits per heavy atom. The topological polar surface area (TPSA) is 82.0 Å². The molecule has 0 fully saturated rings. The highest BCUT2D eigenvalue weighted by molar-refractivity contribution is 6.01. The Kier molecular flexibility index (Phi) is 4.43. The molecule has 0 aliphatic heterocycles. The third-order valence-corrected chi connectivity index (χ3v) is 2.61. The zero-order valence-electron chi connectivity index (χ0n) is 9.86. The van der Waals surface area contributed by atoms with Gasteiger partial charge in [0.1, 0.15) is 5.82 Å². The van der Waals surface area contributed by atoms with Crippen molar-refractivity contribution < 1.29 is 4.79 Å². The van der Waals surface area contributed by atoms with Gasteiger partial charge in [0.2, 0.25) is 0 Å². The predicted molar refractivity (Wildman–Crippen MR) is 65.2 cm³/mol. The Hall–Kier alpha value is -1.42. The van der Waals surface area contributed by atoms with E-state index in [1.54, 1.807) is 12.3 Å². The highest BCUT2D eigenvalue weighted by atomic mass is 16.1. The molecule has 0 aliphatic rings. The molecule has 1 unspecified atom stereocenters. The fourth-order valence-electron chi connectivity index (χ4n) is 1.60. The lowest BCUT2D eigenvalue weighted by Crippen LogP contribution is -2.15. The molecule has 1 rings (SSSR count). The van der Waals surface area contributed by atoms with Crippen molar-refractivity contribution >= 4 is 11.6 Å². The van der Waals surface area contributed by atoms with Crippen molar-refractivity contribution in [3.8, 4) is 0 Å². The zero-order valence-corrected chi connectivity index (χ0v) is 9.86. The second-order valence-corrected chi connectivity index (χ2v) is 4.14. The average Bonchev–Trinajstić information content (AvgIpc) is 2.28. The molecule has 0 aliphatic carbocycles. The minimum absolute atomic E-state index is 0.0468. The third-order valence-electron chi connectivity index (χ3n) is 2.61. The number of hydrogen-bond acceptors (Lipinski definition) is 4. The quantitative estimate of drug-likeness (QED) is 0.739. The summed E-state index contributed by atoms with van der Waals surface area (Å²) in [6.07, 6.45) is 3.31. The van der Waals surface area contributed by atoms with Crippen LogP contribution in [0.15, 0.2) is 12.3 Å². The van der Waals surface area contributed by atoms with Gasteiger partial charge in [-0.25, -0.2) is 4.98 Å². The number of carbonyl (C=O) groups excluding carboxylic acids is 1. The summed E-state index contributed by atoms with van der Waals surface area (Å²) in [7, 11) is 0. The molecule has 0 aromatic carbocycles. The Balaban J connectivity index is 2.83. The number of Topliss-reactive ketones (excluding diaryl/α,β-unsaturated/α-hetero) is 1. The highest BCUT2D eigenvalue weighted by Crippen LogP contribution is 2.18. The van der Waals surface area contributed by atoms with Crippen LogP contribution in [0.4, 0.5) is 5.82 Å². The van der Waals surface area contributed by atoms with Gasteiger partial charge in [-0.05, 0) is 37.9 Å². The van der Waals surface area contributed by atoms with Crippen LogP contribution in [0.25, 0.3) is 0 Å². The number of rotatable bonds is 5. The number of pyridine rings is 1. The fourth-order valence-corrected chi connectivity index (χ4v) is 1.60. The number of carbonyl (C=O) groups is 1. The van der Waals surface area contributed by atoms with Crippen LogP contribution in [-0.4, -0.2) is 17.3 Å². The maximum Gasteiger partial charge on any atom is 0.169 e. The molecule has 0 saturated carbocycles. The minimum atomic E-state index is -0.0468. The van der Waals surface area contributed by atoms with Gasteiger partial charge in [0, 0.05) is 12.1 Å². The molecule has 0 amide bonds. The van der Waals surface area contributed by atoms with Gasteiger partial charge in [-0.15, -0.1) is 0 Å². The number of aromatic nitrogens is 1. The smallest absolute Gasteiger partial charge is 0.169 e. The molecule has 16 heavy (non-hydrogen) atoms. The summed E-state index contributed by atoms with van der Waals surface area (Å²) >= 11 is 0. The molecule has 1 aromatic heterocycles. The first-order valence-corrected chi connectivity index (χ1v) is 5.52. The summed E-state index contributed by atoms with van der Waals surface area (Å²) in [4.78, 5) is 16.1. The normalized spacial score (nSPS) is 12.4. The lowest BCUT2D eigenvalue weighted by atomic mass is 9.95. The minimum Gasteiger partial charge on any atom is -0.383 e. The van der Waals surface area contributed by atoms with Gasteiger partial charge in [0.25, 0.3) is 0 Å². The van der Waals surface area contributed by atoms with E-state index in [0.29, 0.717) is 17.9 Å². The van der Waals surface area contributed by atoms with Gasteiger partial charge in [-0.3, -0.25) is 4.79 Å². The summed E-state index contributed by atoms with van der Waals surface area (Å²) in [5.74, 6) is 0.326. The van der Waals surface area contributed by atoms with Crippen molar-refractivity contribution in [2.45, 2.75) is 26.7 Å². The summed E-state index contributed by atoms with van der Waals surface area (Å²) in [5.41, 5.74) is 12.6. The molecule has 0 spiro atoms. The Morgan fingerprint density at radius 2 is 2.25 bits per heavy atom. The van der Waals surface area contributed by atoms with Crippen molar-refractivity contribution in [1.29, 1.82) is 0 Å². The highest BCUT2D eigenvalue weighted by Gasteiger charge is 2.17. The van der Waals surface area contributed by atoms with Crippen LogP contribution < -0.4 is 11.5 Å². The van der Waals surface area contributed by atoms with Gasteiger partial charge < -0.3 is 11.5 Å². The number of aryl methyl sites for hydroxylation is 1. The molecule has 88 valence electrons. The lowest BCUT2D eigenvalue weighted by molar-refractivity contribution is 0.0924. The summed E-state index contributed by atoms with van der Waals surface area (Å²) < 4.78 is 0. The Labute approximate surface area is 96.0 Å². The van der Waals surface area contributed by atoms with Crippen LogP contribution in [-0.2, 0) is 0 Å². The monoisotopic (exact) mass is 221 g/mol. The average molecular weight is 221 g/mol. The van der Waals surface area contributed by atoms with Crippen LogP contribution in [0.2, 0.25) is 0 Å². The number of nitrogens with zero attached hydrogens (tertiary/aromatic N) is 1. The van der Waals surface area contributed by atoms with Gasteiger partial charge in [-0.2, -0.15) is 0 Å². The van der Waals surface area contributed by atoms with Crippen LogP contribution in [0.3, 0.4) is 0 Å². The molecule has 1 atom stereocenters. The van der Waals surface area contributed by atoms with E-state index >= 15 is 0 Å². The number of nitrogens with two attached hydrogens (primary N) is 2. The van der Waals surface area contributed by atoms with E-state index in [9.17, 15) is 4.79 Å². The number of hydrogen-bond donors (Lipinski definition) is 2. The Bertz CT molecular complexity index is 377. The SMILES string of the molecule is Cc1cnc(N)c(C(=O)C(C)CCCN)c1. The van der Waals surface area contributed by atoms with Crippen molar-refractivity contribution in [1.82, 2.24) is 4.98 Å². The van der Waals surface area contributed by atoms with Crippen LogP contribution >= 0.6 is 0 Å². The molecule has 1 heterocycles. The van der Waals surface area contributed by atoms with Crippen molar-refractivity contribution in [2.75, 3.05) is 12.3 Å². The first kappa shape index (κ1) is 12.6. The standard InChI is InChI=1S/C12H19N3O/c1-8-6-10(12(14)15-7-8)11(16)9(2)4-3-5-13/h6-7,9H,3-5,13H2,1-2H3,(H2,14,15). The first-order chi connectivity index (χ1) is 7.56. The summed E-state index contributed by atoms with van der Waals surface area (Å²) in [6.45, 7) is 4.41. The van der Waals surface area contributed by atoms with E-state index in [1.165, 1.54) is 0 Å². The maximum absolute atomic E-state index is 12.1. The molecule has 4 heteroatoms. The molecule has 4 N–H and O–H groups in total. The summed E-state index contributed by atoms with van der Waals surface area (Å²) in [6, 6.07) is 1.80. The molecule has 0 bridgehead atoms. The second-order valence-electron chi connectivity index (χ2n) is 4.14. The first-order valence-electron chi connectivity index (χ1n) is 5.52. The van der Waals surface area contributed by atoms with E-state index in [0.717, 1.165) is 18.4 Å². The predicted octanol–water partition coefficient (Wildman–Crippen LogP) is 1.53. The van der Waals surface area contributed by atoms with Crippen molar-refractivity contribution in [2.24, 2.45) is 11.7 Å². The maximum atomic E-state index is 12.1. The third kappa shape index (κ3) is 3.03. The van der Waals surface area contributed by atoms with Crippen molar-refractivity contribution in [3.63, 3.8) is 0 Å². The molecule has 0 saturated heterocycles. The van der Waals surface area contributed by atoms with Crippen molar-refractivity contribution in [3.05, 3.63) is 23.4 Å². The number of anilines is 1. The molecular weight excluding hydrogens is 202 g/mol. The van der Waals surface area contributed by atoms with E-state index in [4.69, 9.17) is 11.5 Å². The largest absolute Gasteiger partial charge is 0.383 e. The molecule has 1 aromatic rings. The van der Waals surface area contributed by atoms with E-state index in [2.05, 4.69) is 4.98 Å². The van der Waals surface area contributed by atoms with Crippen LogP contribution in [0, 0.1) is 12.8 Å². The van der Waals surface area contributed by atoms with E-state index in [1.807, 2.05) is 13.8 Å². The molecule has 4 nitrogen and oxygen atoms in total.